The summed E-state index contributed by atoms with van der Waals surface area (Å²) >= 11 is 0. The number of carboxylic acid groups (broad SMARTS) is 1. The first-order chi connectivity index (χ1) is 8.86. The SMILES string of the molecule is C#CCN(CC(=O)O)c1nc(C)cc(C)c1C(N)=O. The first-order valence-electron chi connectivity index (χ1n) is 5.55. The van der Waals surface area contributed by atoms with Crippen molar-refractivity contribution in [2.75, 3.05) is 18.0 Å². The number of rotatable bonds is 5. The summed E-state index contributed by atoms with van der Waals surface area (Å²) < 4.78 is 0. The van der Waals surface area contributed by atoms with Crippen LogP contribution in [0.15, 0.2) is 6.07 Å². The Morgan fingerprint density at radius 1 is 1.53 bits per heavy atom. The smallest absolute Gasteiger partial charge is 0.323 e. The first kappa shape index (κ1) is 14.5. The van der Waals surface area contributed by atoms with Gasteiger partial charge in [-0.25, -0.2) is 4.98 Å². The average Bonchev–Trinajstić information content (AvgIpc) is 2.25. The minimum absolute atomic E-state index is 0.0302. The topological polar surface area (TPSA) is 96.5 Å². The molecule has 1 aromatic rings. The molecule has 3 N–H and O–H groups in total. The largest absolute Gasteiger partial charge is 0.480 e. The molecule has 0 atom stereocenters. The number of aliphatic carboxylic acids is 1. The van der Waals surface area contributed by atoms with Crippen molar-refractivity contribution in [3.05, 3.63) is 22.9 Å². The Balaban J connectivity index is 3.39. The van der Waals surface area contributed by atoms with Gasteiger partial charge in [-0.05, 0) is 25.5 Å². The van der Waals surface area contributed by atoms with E-state index in [1.54, 1.807) is 19.9 Å². The van der Waals surface area contributed by atoms with Crippen molar-refractivity contribution in [2.45, 2.75) is 13.8 Å². The molecule has 0 fully saturated rings. The number of carbonyl (C=O) groups excluding carboxylic acids is 1. The zero-order valence-electron chi connectivity index (χ0n) is 10.8. The Labute approximate surface area is 111 Å². The van der Waals surface area contributed by atoms with Crippen molar-refractivity contribution in [3.8, 4) is 12.3 Å². The number of aromatic nitrogens is 1. The molecule has 19 heavy (non-hydrogen) atoms. The first-order valence-corrected chi connectivity index (χ1v) is 5.55. The van der Waals surface area contributed by atoms with Crippen LogP contribution in [0, 0.1) is 26.2 Å². The molecule has 0 aliphatic carbocycles. The molecule has 100 valence electrons. The molecule has 1 aromatic heterocycles. The predicted octanol–water partition coefficient (Wildman–Crippen LogP) is 0.322. The zero-order valence-corrected chi connectivity index (χ0v) is 10.8. The average molecular weight is 261 g/mol. The van der Waals surface area contributed by atoms with Crippen LogP contribution in [0.25, 0.3) is 0 Å². The number of terminal acetylenes is 1. The Hall–Kier alpha value is -2.55. The number of aryl methyl sites for hydroxylation is 2. The number of hydrogen-bond donors (Lipinski definition) is 2. The second kappa shape index (κ2) is 5.87. The van der Waals surface area contributed by atoms with Crippen LogP contribution in [0.5, 0.6) is 0 Å². The number of anilines is 1. The third kappa shape index (κ3) is 3.45. The molecule has 0 bridgehead atoms. The molecule has 0 spiro atoms. The van der Waals surface area contributed by atoms with Gasteiger partial charge in [-0.3, -0.25) is 9.59 Å². The third-order valence-corrected chi connectivity index (χ3v) is 2.48. The van der Waals surface area contributed by atoms with Crippen molar-refractivity contribution in [1.29, 1.82) is 0 Å². The van der Waals surface area contributed by atoms with Crippen molar-refractivity contribution >= 4 is 17.7 Å². The van der Waals surface area contributed by atoms with Crippen LogP contribution in [-0.4, -0.2) is 35.1 Å². The molecular formula is C13H15N3O3. The number of hydrogen-bond acceptors (Lipinski definition) is 4. The van der Waals surface area contributed by atoms with Gasteiger partial charge in [0.1, 0.15) is 12.4 Å². The van der Waals surface area contributed by atoms with Crippen LogP contribution < -0.4 is 10.6 Å². The van der Waals surface area contributed by atoms with Crippen molar-refractivity contribution in [3.63, 3.8) is 0 Å². The highest BCUT2D eigenvalue weighted by Gasteiger charge is 2.20. The van der Waals surface area contributed by atoms with Gasteiger partial charge in [0.05, 0.1) is 12.1 Å². The fraction of sp³-hybridized carbons (Fsp3) is 0.308. The predicted molar refractivity (Wildman–Crippen MR) is 70.9 cm³/mol. The van der Waals surface area contributed by atoms with Crippen molar-refractivity contribution < 1.29 is 14.7 Å². The van der Waals surface area contributed by atoms with Gasteiger partial charge in [0.2, 0.25) is 0 Å². The lowest BCUT2D eigenvalue weighted by molar-refractivity contribution is -0.135. The summed E-state index contributed by atoms with van der Waals surface area (Å²) in [5, 5.41) is 8.89. The van der Waals surface area contributed by atoms with Crippen LogP contribution in [-0.2, 0) is 4.79 Å². The molecule has 6 heteroatoms. The molecule has 1 heterocycles. The second-order valence-corrected chi connectivity index (χ2v) is 4.10. The van der Waals surface area contributed by atoms with E-state index in [1.165, 1.54) is 4.90 Å². The maximum absolute atomic E-state index is 11.5. The molecule has 0 saturated heterocycles. The molecule has 0 unspecified atom stereocenters. The molecule has 1 rings (SSSR count). The van der Waals surface area contributed by atoms with Crippen LogP contribution in [0.2, 0.25) is 0 Å². The summed E-state index contributed by atoms with van der Waals surface area (Å²) in [6.45, 7) is 3.14. The van der Waals surface area contributed by atoms with E-state index < -0.39 is 11.9 Å². The van der Waals surface area contributed by atoms with Gasteiger partial charge in [0.15, 0.2) is 0 Å². The van der Waals surface area contributed by atoms with Gasteiger partial charge in [0.25, 0.3) is 5.91 Å². The molecule has 0 saturated carbocycles. The highest BCUT2D eigenvalue weighted by molar-refractivity contribution is 5.99. The number of nitrogens with zero attached hydrogens (tertiary/aromatic N) is 2. The monoisotopic (exact) mass is 261 g/mol. The second-order valence-electron chi connectivity index (χ2n) is 4.10. The van der Waals surface area contributed by atoms with E-state index in [9.17, 15) is 9.59 Å². The van der Waals surface area contributed by atoms with Crippen LogP contribution >= 0.6 is 0 Å². The molecule has 0 aliphatic heterocycles. The number of carbonyl (C=O) groups is 2. The fourth-order valence-electron chi connectivity index (χ4n) is 1.83. The molecule has 0 aliphatic rings. The van der Waals surface area contributed by atoms with E-state index in [1.807, 2.05) is 0 Å². The van der Waals surface area contributed by atoms with Crippen LogP contribution in [0.3, 0.4) is 0 Å². The summed E-state index contributed by atoms with van der Waals surface area (Å²) in [5.41, 5.74) is 6.82. The fourth-order valence-corrected chi connectivity index (χ4v) is 1.83. The van der Waals surface area contributed by atoms with Gasteiger partial charge in [-0.15, -0.1) is 6.42 Å². The van der Waals surface area contributed by atoms with E-state index >= 15 is 0 Å². The maximum Gasteiger partial charge on any atom is 0.323 e. The number of nitrogens with two attached hydrogens (primary N) is 1. The van der Waals surface area contributed by atoms with Crippen molar-refractivity contribution in [2.24, 2.45) is 5.73 Å². The van der Waals surface area contributed by atoms with E-state index in [2.05, 4.69) is 10.9 Å². The Morgan fingerprint density at radius 2 is 2.16 bits per heavy atom. The van der Waals surface area contributed by atoms with Crippen LogP contribution in [0.1, 0.15) is 21.6 Å². The molecule has 1 amide bonds. The highest BCUT2D eigenvalue weighted by Crippen LogP contribution is 2.22. The van der Waals surface area contributed by atoms with Gasteiger partial charge >= 0.3 is 5.97 Å². The highest BCUT2D eigenvalue weighted by atomic mass is 16.4. The van der Waals surface area contributed by atoms with Crippen LogP contribution in [0.4, 0.5) is 5.82 Å². The van der Waals surface area contributed by atoms with Gasteiger partial charge < -0.3 is 15.7 Å². The number of amides is 1. The molecular weight excluding hydrogens is 246 g/mol. The summed E-state index contributed by atoms with van der Waals surface area (Å²) in [5.74, 6) is 0.837. The Kier molecular flexibility index (Phi) is 4.48. The lowest BCUT2D eigenvalue weighted by Crippen LogP contribution is -2.33. The minimum Gasteiger partial charge on any atom is -0.480 e. The third-order valence-electron chi connectivity index (χ3n) is 2.48. The summed E-state index contributed by atoms with van der Waals surface area (Å²) in [7, 11) is 0. The standard InChI is InChI=1S/C13H15N3O3/c1-4-5-16(7-10(17)18)13-11(12(14)19)8(2)6-9(3)15-13/h1,6H,5,7H2,2-3H3,(H2,14,19)(H,17,18). The zero-order chi connectivity index (χ0) is 14.6. The van der Waals surface area contributed by atoms with E-state index in [4.69, 9.17) is 17.3 Å². The van der Waals surface area contributed by atoms with E-state index in [0.717, 1.165) is 0 Å². The maximum atomic E-state index is 11.5. The number of primary amides is 1. The normalized spacial score (nSPS) is 9.74. The van der Waals surface area contributed by atoms with E-state index in [-0.39, 0.29) is 24.5 Å². The lowest BCUT2D eigenvalue weighted by Gasteiger charge is -2.22. The Morgan fingerprint density at radius 3 is 2.63 bits per heavy atom. The summed E-state index contributed by atoms with van der Waals surface area (Å²) in [6.07, 6.45) is 5.22. The minimum atomic E-state index is -1.06. The van der Waals surface area contributed by atoms with E-state index in [0.29, 0.717) is 11.3 Å². The molecule has 0 radical (unpaired) electrons. The van der Waals surface area contributed by atoms with Crippen molar-refractivity contribution in [1.82, 2.24) is 4.98 Å². The molecule has 6 nitrogen and oxygen atoms in total. The molecule has 0 aromatic carbocycles. The Bertz CT molecular complexity index is 561. The number of pyridine rings is 1. The van der Waals surface area contributed by atoms with Gasteiger partial charge in [-0.2, -0.15) is 0 Å². The summed E-state index contributed by atoms with van der Waals surface area (Å²) in [6, 6.07) is 1.71. The quantitative estimate of drug-likeness (QED) is 0.744. The number of carboxylic acids is 1. The van der Waals surface area contributed by atoms with Gasteiger partial charge in [-0.1, -0.05) is 5.92 Å². The lowest BCUT2D eigenvalue weighted by atomic mass is 10.1. The van der Waals surface area contributed by atoms with Gasteiger partial charge in [0, 0.05) is 5.69 Å². The summed E-state index contributed by atoms with van der Waals surface area (Å²) in [4.78, 5) is 27.9.